The van der Waals surface area contributed by atoms with Gasteiger partial charge in [0.2, 0.25) is 34.8 Å². The highest BCUT2D eigenvalue weighted by molar-refractivity contribution is 5.72. The Kier molecular flexibility index (Phi) is 12.0. The zero-order chi connectivity index (χ0) is 35.7. The summed E-state index contributed by atoms with van der Waals surface area (Å²) in [4.78, 5) is 24.3. The predicted octanol–water partition coefficient (Wildman–Crippen LogP) is 8.83. The Bertz CT molecular complexity index is 1860. The number of hydrogen-bond donors (Lipinski definition) is 1. The zero-order valence-corrected chi connectivity index (χ0v) is 25.9. The van der Waals surface area contributed by atoms with Gasteiger partial charge in [-0.2, -0.15) is 24.1 Å². The van der Waals surface area contributed by atoms with Gasteiger partial charge in [-0.25, -0.2) is 13.2 Å². The number of methoxy groups -OCH3 is 1. The quantitative estimate of drug-likeness (QED) is 0.0203. The monoisotopic (exact) mass is 686 g/mol. The Labute approximate surface area is 275 Å². The highest BCUT2D eigenvalue weighted by Crippen LogP contribution is 2.37. The fourth-order valence-electron chi connectivity index (χ4n) is 4.38. The number of nitrogens with zero attached hydrogens (tertiary/aromatic N) is 6. The van der Waals surface area contributed by atoms with Crippen molar-refractivity contribution in [3.05, 3.63) is 105 Å². The molecule has 0 aliphatic rings. The van der Waals surface area contributed by atoms with Crippen molar-refractivity contribution >= 4 is 40.1 Å². The number of azo groups is 2. The SMILES string of the molecule is CCN(CCCC(=O)Oc1c(F)c(F)c(F)c(F)c1F)c1ccc(N=Nc2cc(CO)c(N=Nc3ccc([N+](=O)[O-])cc3)cc2OC)cc1. The molecule has 4 aromatic rings. The van der Waals surface area contributed by atoms with Crippen LogP contribution >= 0.6 is 0 Å². The topological polar surface area (TPSA) is 152 Å². The molecule has 0 heterocycles. The van der Waals surface area contributed by atoms with Crippen molar-refractivity contribution in [3.8, 4) is 11.5 Å². The maximum Gasteiger partial charge on any atom is 0.311 e. The van der Waals surface area contributed by atoms with Crippen LogP contribution in [-0.2, 0) is 11.4 Å². The van der Waals surface area contributed by atoms with Crippen LogP contribution in [0.15, 0.2) is 81.1 Å². The van der Waals surface area contributed by atoms with Crippen molar-refractivity contribution in [1.29, 1.82) is 0 Å². The molecule has 0 amide bonds. The third kappa shape index (κ3) is 8.75. The number of halogens is 5. The summed E-state index contributed by atoms with van der Waals surface area (Å²) in [6, 6.07) is 15.3. The van der Waals surface area contributed by atoms with Gasteiger partial charge in [-0.1, -0.05) is 0 Å². The van der Waals surface area contributed by atoms with Crippen molar-refractivity contribution in [2.45, 2.75) is 26.4 Å². The highest BCUT2D eigenvalue weighted by atomic mass is 19.2. The van der Waals surface area contributed by atoms with Crippen molar-refractivity contribution in [1.82, 2.24) is 0 Å². The Hall–Kier alpha value is -5.84. The summed E-state index contributed by atoms with van der Waals surface area (Å²) >= 11 is 0. The molecular formula is C32H27F5N6O6. The number of benzene rings is 4. The lowest BCUT2D eigenvalue weighted by Gasteiger charge is -2.23. The maximum atomic E-state index is 13.8. The summed E-state index contributed by atoms with van der Waals surface area (Å²) in [5.74, 6) is -13.8. The summed E-state index contributed by atoms with van der Waals surface area (Å²) in [6.45, 7) is 2.24. The van der Waals surface area contributed by atoms with Crippen LogP contribution < -0.4 is 14.4 Å². The first-order valence-electron chi connectivity index (χ1n) is 14.4. The Morgan fingerprint density at radius 1 is 0.837 bits per heavy atom. The third-order valence-corrected chi connectivity index (χ3v) is 6.95. The van der Waals surface area contributed by atoms with E-state index >= 15 is 0 Å². The molecular weight excluding hydrogens is 659 g/mol. The van der Waals surface area contributed by atoms with Gasteiger partial charge in [-0.15, -0.1) is 5.11 Å². The summed E-state index contributed by atoms with van der Waals surface area (Å²) in [5, 5.41) is 37.4. The van der Waals surface area contributed by atoms with E-state index in [1.165, 1.54) is 43.5 Å². The molecule has 0 aliphatic carbocycles. The van der Waals surface area contributed by atoms with Gasteiger partial charge in [0.25, 0.3) is 5.69 Å². The van der Waals surface area contributed by atoms with E-state index in [4.69, 9.17) is 4.74 Å². The van der Waals surface area contributed by atoms with E-state index in [-0.39, 0.29) is 35.7 Å². The smallest absolute Gasteiger partial charge is 0.311 e. The first-order valence-corrected chi connectivity index (χ1v) is 14.4. The number of carbonyl (C=O) groups excluding carboxylic acids is 1. The van der Waals surface area contributed by atoms with Gasteiger partial charge < -0.3 is 19.5 Å². The van der Waals surface area contributed by atoms with Crippen LogP contribution in [0.1, 0.15) is 25.3 Å². The summed E-state index contributed by atoms with van der Waals surface area (Å²) in [5.41, 5.74) is 2.40. The molecule has 0 atom stereocenters. The van der Waals surface area contributed by atoms with Gasteiger partial charge in [0.1, 0.15) is 11.4 Å². The molecule has 256 valence electrons. The number of nitro groups is 1. The van der Waals surface area contributed by atoms with Crippen LogP contribution in [0.2, 0.25) is 0 Å². The fourth-order valence-corrected chi connectivity index (χ4v) is 4.38. The fraction of sp³-hybridized carbons (Fsp3) is 0.219. The van der Waals surface area contributed by atoms with E-state index in [9.17, 15) is 42.0 Å². The molecule has 0 unspecified atom stereocenters. The minimum absolute atomic E-state index is 0.0940. The van der Waals surface area contributed by atoms with E-state index in [1.807, 2.05) is 11.8 Å². The number of esters is 1. The average molecular weight is 687 g/mol. The molecule has 0 fully saturated rings. The molecule has 0 spiro atoms. The Balaban J connectivity index is 1.39. The normalized spacial score (nSPS) is 11.3. The number of non-ortho nitro benzene ring substituents is 1. The average Bonchev–Trinajstić information content (AvgIpc) is 3.12. The number of aliphatic hydroxyl groups is 1. The lowest BCUT2D eigenvalue weighted by Crippen LogP contribution is -2.25. The van der Waals surface area contributed by atoms with Gasteiger partial charge in [-0.3, -0.25) is 14.9 Å². The Morgan fingerprint density at radius 2 is 1.39 bits per heavy atom. The number of carbonyl (C=O) groups is 1. The van der Waals surface area contributed by atoms with Crippen molar-refractivity contribution in [3.63, 3.8) is 0 Å². The van der Waals surface area contributed by atoms with Gasteiger partial charge in [0.05, 0.1) is 35.7 Å². The Morgan fingerprint density at radius 3 is 1.92 bits per heavy atom. The second kappa shape index (κ2) is 16.3. The molecule has 0 saturated heterocycles. The van der Waals surface area contributed by atoms with E-state index in [1.54, 1.807) is 24.3 Å². The van der Waals surface area contributed by atoms with Crippen LogP contribution in [0, 0.1) is 39.2 Å². The first-order chi connectivity index (χ1) is 23.5. The summed E-state index contributed by atoms with van der Waals surface area (Å²) in [7, 11) is 1.41. The second-order valence-corrected chi connectivity index (χ2v) is 10.1. The predicted molar refractivity (Wildman–Crippen MR) is 166 cm³/mol. The molecule has 0 radical (unpaired) electrons. The van der Waals surface area contributed by atoms with Crippen LogP contribution in [0.3, 0.4) is 0 Å². The van der Waals surface area contributed by atoms with E-state index in [0.29, 0.717) is 30.0 Å². The van der Waals surface area contributed by atoms with Gasteiger partial charge >= 0.3 is 5.97 Å². The molecule has 0 saturated carbocycles. The molecule has 0 bridgehead atoms. The van der Waals surface area contributed by atoms with Crippen molar-refractivity contribution in [2.24, 2.45) is 20.5 Å². The lowest BCUT2D eigenvalue weighted by molar-refractivity contribution is -0.384. The maximum absolute atomic E-state index is 13.8. The van der Waals surface area contributed by atoms with Crippen LogP contribution in [0.25, 0.3) is 0 Å². The third-order valence-electron chi connectivity index (χ3n) is 6.95. The van der Waals surface area contributed by atoms with Gasteiger partial charge in [0.15, 0.2) is 0 Å². The molecule has 4 rings (SSSR count). The minimum atomic E-state index is -2.35. The summed E-state index contributed by atoms with van der Waals surface area (Å²) in [6.07, 6.45) is -0.225. The summed E-state index contributed by atoms with van der Waals surface area (Å²) < 4.78 is 77.5. The second-order valence-electron chi connectivity index (χ2n) is 10.1. The lowest BCUT2D eigenvalue weighted by atomic mass is 10.1. The van der Waals surface area contributed by atoms with Gasteiger partial charge in [-0.05, 0) is 55.8 Å². The molecule has 49 heavy (non-hydrogen) atoms. The minimum Gasteiger partial charge on any atom is -0.494 e. The number of hydrogen-bond acceptors (Lipinski definition) is 11. The van der Waals surface area contributed by atoms with Gasteiger partial charge in [0, 0.05) is 49.0 Å². The molecule has 4 aromatic carbocycles. The van der Waals surface area contributed by atoms with Crippen molar-refractivity contribution in [2.75, 3.05) is 25.1 Å². The standard InChI is InChI=1S/C32H27F5N6O6/c1-3-42(14-4-5-26(45)49-32-30(36)28(34)27(33)29(35)31(32)37)21-10-6-19(7-11-21)39-41-24-15-18(17-44)23(16-25(24)48-2)40-38-20-8-12-22(13-9-20)43(46)47/h6-13,15-16,44H,3-5,14,17H2,1-2H3. The molecule has 12 nitrogen and oxygen atoms in total. The number of ether oxygens (including phenoxy) is 2. The number of rotatable bonds is 14. The van der Waals surface area contributed by atoms with Crippen LogP contribution in [-0.4, -0.2) is 36.2 Å². The van der Waals surface area contributed by atoms with E-state index in [2.05, 4.69) is 25.2 Å². The number of nitro benzene ring substituents is 1. The van der Waals surface area contributed by atoms with E-state index in [0.717, 1.165) is 5.69 Å². The zero-order valence-electron chi connectivity index (χ0n) is 25.9. The molecule has 0 aromatic heterocycles. The highest BCUT2D eigenvalue weighted by Gasteiger charge is 2.28. The number of anilines is 1. The van der Waals surface area contributed by atoms with Crippen LogP contribution in [0.4, 0.5) is 56.1 Å². The first kappa shape index (κ1) is 36.0. The van der Waals surface area contributed by atoms with Crippen molar-refractivity contribution < 1.29 is 46.3 Å². The molecule has 0 aliphatic heterocycles. The number of aliphatic hydroxyl groups excluding tert-OH is 1. The molecule has 1 N–H and O–H groups in total. The largest absolute Gasteiger partial charge is 0.494 e. The molecule has 17 heteroatoms. The van der Waals surface area contributed by atoms with E-state index < -0.39 is 52.3 Å². The van der Waals surface area contributed by atoms with Crippen LogP contribution in [0.5, 0.6) is 11.5 Å².